The van der Waals surface area contributed by atoms with Crippen LogP contribution in [-0.2, 0) is 16.6 Å². The number of carbonyl (C=O) groups excluding carboxylic acids is 1. The van der Waals surface area contributed by atoms with Gasteiger partial charge >= 0.3 is 6.61 Å². The summed E-state index contributed by atoms with van der Waals surface area (Å²) in [6.07, 6.45) is 0. The van der Waals surface area contributed by atoms with Gasteiger partial charge in [0.2, 0.25) is 5.09 Å². The highest BCUT2D eigenvalue weighted by atomic mass is 32.2. The molecule has 0 fully saturated rings. The zero-order valence-electron chi connectivity index (χ0n) is 15.0. The summed E-state index contributed by atoms with van der Waals surface area (Å²) in [7, 11) is -3.90. The summed E-state index contributed by atoms with van der Waals surface area (Å²) >= 11 is 0. The van der Waals surface area contributed by atoms with E-state index in [4.69, 9.17) is 4.42 Å². The summed E-state index contributed by atoms with van der Waals surface area (Å²) in [4.78, 5) is 12.1. The molecule has 0 radical (unpaired) electrons. The van der Waals surface area contributed by atoms with E-state index in [0.29, 0.717) is 5.56 Å². The smallest absolute Gasteiger partial charge is 0.387 e. The minimum atomic E-state index is -3.90. The third-order valence-corrected chi connectivity index (χ3v) is 4.72. The Bertz CT molecular complexity index is 904. The highest BCUT2D eigenvalue weighted by molar-refractivity contribution is 7.89. The van der Waals surface area contributed by atoms with Crippen molar-refractivity contribution in [2.75, 3.05) is 0 Å². The number of alkyl halides is 2. The quantitative estimate of drug-likeness (QED) is 0.742. The van der Waals surface area contributed by atoms with Gasteiger partial charge in [0.1, 0.15) is 5.75 Å². The Kier molecular flexibility index (Phi) is 6.22. The minimum absolute atomic E-state index is 0.0162. The topological polar surface area (TPSA) is 97.6 Å². The maximum atomic E-state index is 12.2. The number of ether oxygens (including phenoxy) is 1. The Balaban J connectivity index is 2.03. The standard InChI is InChI=1S/C17H20F2N2O5S/c1-17(2,3)21-27(23,24)14-8-7-13(26-14)15(22)20-10-11-5-4-6-12(9-11)25-16(18)19/h4-9,16,21H,10H2,1-3H3,(H,20,22). The number of sulfonamides is 1. The molecule has 27 heavy (non-hydrogen) atoms. The second kappa shape index (κ2) is 8.05. The molecular weight excluding hydrogens is 382 g/mol. The molecule has 0 aliphatic rings. The Labute approximate surface area is 155 Å². The maximum Gasteiger partial charge on any atom is 0.387 e. The van der Waals surface area contributed by atoms with Crippen molar-refractivity contribution in [3.8, 4) is 5.75 Å². The van der Waals surface area contributed by atoms with Crippen LogP contribution in [-0.4, -0.2) is 26.5 Å². The Morgan fingerprint density at radius 3 is 2.56 bits per heavy atom. The molecule has 0 bridgehead atoms. The largest absolute Gasteiger partial charge is 0.438 e. The number of hydrogen-bond donors (Lipinski definition) is 2. The van der Waals surface area contributed by atoms with Crippen molar-refractivity contribution in [1.29, 1.82) is 0 Å². The second-order valence-electron chi connectivity index (χ2n) is 6.68. The van der Waals surface area contributed by atoms with Gasteiger partial charge < -0.3 is 14.5 Å². The molecule has 2 rings (SSSR count). The molecule has 0 aliphatic carbocycles. The molecule has 0 unspecified atom stereocenters. The van der Waals surface area contributed by atoms with Gasteiger partial charge in [-0.1, -0.05) is 12.1 Å². The van der Waals surface area contributed by atoms with Gasteiger partial charge in [-0.15, -0.1) is 0 Å². The highest BCUT2D eigenvalue weighted by Crippen LogP contribution is 2.18. The van der Waals surface area contributed by atoms with Crippen molar-refractivity contribution in [3.05, 3.63) is 47.7 Å². The number of carbonyl (C=O) groups is 1. The molecule has 2 N–H and O–H groups in total. The highest BCUT2D eigenvalue weighted by Gasteiger charge is 2.26. The van der Waals surface area contributed by atoms with Gasteiger partial charge in [0, 0.05) is 12.1 Å². The van der Waals surface area contributed by atoms with Crippen molar-refractivity contribution >= 4 is 15.9 Å². The number of rotatable bonds is 7. The summed E-state index contributed by atoms with van der Waals surface area (Å²) in [6.45, 7) is 2.09. The lowest BCUT2D eigenvalue weighted by atomic mass is 10.1. The van der Waals surface area contributed by atoms with E-state index in [0.717, 1.165) is 0 Å². The first-order chi connectivity index (χ1) is 12.5. The van der Waals surface area contributed by atoms with Crippen LogP contribution >= 0.6 is 0 Å². The van der Waals surface area contributed by atoms with Crippen LogP contribution in [0.15, 0.2) is 45.9 Å². The average molecular weight is 402 g/mol. The summed E-state index contributed by atoms with van der Waals surface area (Å²) in [5, 5.41) is 2.14. The average Bonchev–Trinajstić information content (AvgIpc) is 3.01. The lowest BCUT2D eigenvalue weighted by Crippen LogP contribution is -2.40. The molecule has 0 saturated carbocycles. The van der Waals surface area contributed by atoms with Gasteiger partial charge in [0.05, 0.1) is 0 Å². The zero-order chi connectivity index (χ0) is 20.2. The second-order valence-corrected chi connectivity index (χ2v) is 8.30. The van der Waals surface area contributed by atoms with E-state index < -0.39 is 28.1 Å². The first-order valence-corrected chi connectivity index (χ1v) is 9.40. The maximum absolute atomic E-state index is 12.2. The molecule has 0 aliphatic heterocycles. The van der Waals surface area contributed by atoms with Crippen molar-refractivity contribution in [3.63, 3.8) is 0 Å². The van der Waals surface area contributed by atoms with E-state index in [-0.39, 0.29) is 23.1 Å². The molecule has 1 heterocycles. The molecule has 0 spiro atoms. The van der Waals surface area contributed by atoms with Crippen LogP contribution in [0.1, 0.15) is 36.9 Å². The fraction of sp³-hybridized carbons (Fsp3) is 0.353. The number of furan rings is 1. The molecule has 10 heteroatoms. The summed E-state index contributed by atoms with van der Waals surface area (Å²) in [6, 6.07) is 8.27. The molecule has 148 valence electrons. The van der Waals surface area contributed by atoms with Crippen molar-refractivity contribution < 1.29 is 31.1 Å². The number of benzene rings is 1. The fourth-order valence-corrected chi connectivity index (χ4v) is 3.49. The molecule has 1 aromatic heterocycles. The van der Waals surface area contributed by atoms with E-state index in [9.17, 15) is 22.0 Å². The molecule has 7 nitrogen and oxygen atoms in total. The molecule has 1 aromatic carbocycles. The van der Waals surface area contributed by atoms with Gasteiger partial charge in [-0.2, -0.15) is 8.78 Å². The van der Waals surface area contributed by atoms with E-state index >= 15 is 0 Å². The summed E-state index contributed by atoms with van der Waals surface area (Å²) in [5.74, 6) is -0.868. The van der Waals surface area contributed by atoms with E-state index in [1.807, 2.05) is 0 Å². The lowest BCUT2D eigenvalue weighted by Gasteiger charge is -2.18. The molecule has 2 aromatic rings. The predicted molar refractivity (Wildman–Crippen MR) is 93.0 cm³/mol. The number of halogens is 2. The van der Waals surface area contributed by atoms with E-state index in [1.54, 1.807) is 26.8 Å². The first kappa shape index (κ1) is 20.8. The molecular formula is C17H20F2N2O5S. The van der Waals surface area contributed by atoms with Gasteiger partial charge in [0.25, 0.3) is 15.9 Å². The van der Waals surface area contributed by atoms with Crippen LogP contribution in [0.25, 0.3) is 0 Å². The minimum Gasteiger partial charge on any atom is -0.438 e. The molecule has 0 saturated heterocycles. The zero-order valence-corrected chi connectivity index (χ0v) is 15.8. The SMILES string of the molecule is CC(C)(C)NS(=O)(=O)c1ccc(C(=O)NCc2cccc(OC(F)F)c2)o1. The Morgan fingerprint density at radius 2 is 1.93 bits per heavy atom. The van der Waals surface area contributed by atoms with Crippen LogP contribution in [0.5, 0.6) is 5.75 Å². The van der Waals surface area contributed by atoms with Gasteiger partial charge in [-0.05, 0) is 50.6 Å². The van der Waals surface area contributed by atoms with Gasteiger partial charge in [-0.3, -0.25) is 4.79 Å². The Hall–Kier alpha value is -2.46. The van der Waals surface area contributed by atoms with Crippen LogP contribution in [0.2, 0.25) is 0 Å². The Morgan fingerprint density at radius 1 is 1.22 bits per heavy atom. The third kappa shape index (κ3) is 6.33. The van der Waals surface area contributed by atoms with Crippen LogP contribution in [0.3, 0.4) is 0 Å². The number of amides is 1. The van der Waals surface area contributed by atoms with E-state index in [1.165, 1.54) is 30.3 Å². The predicted octanol–water partition coefficient (Wildman–Crippen LogP) is 2.89. The monoisotopic (exact) mass is 402 g/mol. The van der Waals surface area contributed by atoms with Crippen molar-refractivity contribution in [1.82, 2.24) is 10.0 Å². The van der Waals surface area contributed by atoms with Crippen LogP contribution < -0.4 is 14.8 Å². The lowest BCUT2D eigenvalue weighted by molar-refractivity contribution is -0.0498. The number of hydrogen-bond acceptors (Lipinski definition) is 5. The van der Waals surface area contributed by atoms with E-state index in [2.05, 4.69) is 14.8 Å². The molecule has 0 atom stereocenters. The van der Waals surface area contributed by atoms with Crippen molar-refractivity contribution in [2.45, 2.75) is 44.6 Å². The fourth-order valence-electron chi connectivity index (χ4n) is 2.14. The van der Waals surface area contributed by atoms with Gasteiger partial charge in [0.15, 0.2) is 5.76 Å². The van der Waals surface area contributed by atoms with Crippen molar-refractivity contribution in [2.24, 2.45) is 0 Å². The first-order valence-electron chi connectivity index (χ1n) is 7.92. The summed E-state index contributed by atoms with van der Waals surface area (Å²) < 4.78 is 60.7. The normalized spacial score (nSPS) is 12.2. The number of nitrogens with one attached hydrogen (secondary N) is 2. The van der Waals surface area contributed by atoms with Gasteiger partial charge in [-0.25, -0.2) is 13.1 Å². The third-order valence-electron chi connectivity index (χ3n) is 3.09. The summed E-state index contributed by atoms with van der Waals surface area (Å²) in [5.41, 5.74) is -0.186. The molecule has 1 amide bonds. The van der Waals surface area contributed by atoms with Crippen LogP contribution in [0, 0.1) is 0 Å². The van der Waals surface area contributed by atoms with Crippen LogP contribution in [0.4, 0.5) is 8.78 Å².